The highest BCUT2D eigenvalue weighted by Crippen LogP contribution is 2.20. The van der Waals surface area contributed by atoms with Crippen LogP contribution in [0.15, 0.2) is 22.7 Å². The van der Waals surface area contributed by atoms with E-state index in [-0.39, 0.29) is 18.3 Å². The molecule has 1 unspecified atom stereocenters. The third-order valence-corrected chi connectivity index (χ3v) is 3.54. The fourth-order valence-electron chi connectivity index (χ4n) is 1.68. The van der Waals surface area contributed by atoms with Gasteiger partial charge in [-0.1, -0.05) is 15.9 Å². The molecule has 1 amide bonds. The number of amides is 1. The van der Waals surface area contributed by atoms with Crippen molar-refractivity contribution in [1.82, 2.24) is 5.32 Å². The number of rotatable bonds is 2. The second-order valence-corrected chi connectivity index (χ2v) is 4.87. The number of carbonyl (C=O) groups is 1. The molecule has 0 aromatic heterocycles. The standard InChI is InChI=1S/C12H15BrN2O2.ClH/c1-8-6-9(2-3-10(8)13)15-12(16)11-7-14-4-5-17-11;/h2-3,6,11,14H,4-5,7H2,1H3,(H,15,16);1H. The van der Waals surface area contributed by atoms with Crippen LogP contribution in [0.1, 0.15) is 5.56 Å². The lowest BCUT2D eigenvalue weighted by molar-refractivity contribution is -0.128. The number of aryl methyl sites for hydroxylation is 1. The number of hydrogen-bond donors (Lipinski definition) is 2. The first-order valence-corrected chi connectivity index (χ1v) is 6.35. The third-order valence-electron chi connectivity index (χ3n) is 2.65. The molecule has 0 bridgehead atoms. The molecule has 1 aromatic carbocycles. The van der Waals surface area contributed by atoms with E-state index >= 15 is 0 Å². The molecule has 1 heterocycles. The van der Waals surface area contributed by atoms with Crippen LogP contribution in [0.3, 0.4) is 0 Å². The molecule has 0 saturated carbocycles. The summed E-state index contributed by atoms with van der Waals surface area (Å²) in [6.45, 7) is 3.94. The summed E-state index contributed by atoms with van der Waals surface area (Å²) < 4.78 is 6.42. The SMILES string of the molecule is Cc1cc(NC(=O)C2CNCCO2)ccc1Br.Cl. The molecule has 1 saturated heterocycles. The summed E-state index contributed by atoms with van der Waals surface area (Å²) in [4.78, 5) is 11.9. The lowest BCUT2D eigenvalue weighted by Gasteiger charge is -2.22. The first-order valence-electron chi connectivity index (χ1n) is 5.56. The summed E-state index contributed by atoms with van der Waals surface area (Å²) in [5.74, 6) is -0.0982. The fraction of sp³-hybridized carbons (Fsp3) is 0.417. The van der Waals surface area contributed by atoms with Gasteiger partial charge in [0.25, 0.3) is 5.91 Å². The molecular formula is C12H16BrClN2O2. The van der Waals surface area contributed by atoms with Crippen molar-refractivity contribution in [3.8, 4) is 0 Å². The van der Waals surface area contributed by atoms with Crippen molar-refractivity contribution in [3.05, 3.63) is 28.2 Å². The summed E-state index contributed by atoms with van der Waals surface area (Å²) in [5, 5.41) is 5.98. The molecular weight excluding hydrogens is 320 g/mol. The number of anilines is 1. The van der Waals surface area contributed by atoms with E-state index in [0.29, 0.717) is 13.2 Å². The Balaban J connectivity index is 0.00000162. The van der Waals surface area contributed by atoms with Crippen molar-refractivity contribution in [2.45, 2.75) is 13.0 Å². The summed E-state index contributed by atoms with van der Waals surface area (Å²) in [6.07, 6.45) is -0.396. The first-order chi connectivity index (χ1) is 8.16. The van der Waals surface area contributed by atoms with Crippen LogP contribution in [0.4, 0.5) is 5.69 Å². The number of carbonyl (C=O) groups excluding carboxylic acids is 1. The van der Waals surface area contributed by atoms with Crippen LogP contribution in [0, 0.1) is 6.92 Å². The van der Waals surface area contributed by atoms with Crippen LogP contribution in [0.2, 0.25) is 0 Å². The van der Waals surface area contributed by atoms with E-state index in [9.17, 15) is 4.79 Å². The molecule has 0 aliphatic carbocycles. The Kier molecular flexibility index (Phi) is 6.08. The van der Waals surface area contributed by atoms with Crippen LogP contribution < -0.4 is 10.6 Å². The second-order valence-electron chi connectivity index (χ2n) is 4.02. The lowest BCUT2D eigenvalue weighted by Crippen LogP contribution is -2.45. The van der Waals surface area contributed by atoms with Crippen LogP contribution in [-0.2, 0) is 9.53 Å². The van der Waals surface area contributed by atoms with Gasteiger partial charge in [0, 0.05) is 23.2 Å². The van der Waals surface area contributed by atoms with Crippen LogP contribution in [0.25, 0.3) is 0 Å². The van der Waals surface area contributed by atoms with E-state index in [0.717, 1.165) is 22.3 Å². The number of nitrogens with one attached hydrogen (secondary N) is 2. The number of benzene rings is 1. The quantitative estimate of drug-likeness (QED) is 0.870. The predicted octanol–water partition coefficient (Wildman–Crippen LogP) is 2.11. The minimum Gasteiger partial charge on any atom is -0.366 e. The van der Waals surface area contributed by atoms with Gasteiger partial charge in [-0.2, -0.15) is 0 Å². The fourth-order valence-corrected chi connectivity index (χ4v) is 1.93. The molecule has 0 radical (unpaired) electrons. The molecule has 1 aliphatic rings. The molecule has 1 atom stereocenters. The third kappa shape index (κ3) is 3.95. The van der Waals surface area contributed by atoms with Gasteiger partial charge in [0.1, 0.15) is 6.10 Å². The summed E-state index contributed by atoms with van der Waals surface area (Å²) in [6, 6.07) is 5.72. The highest BCUT2D eigenvalue weighted by molar-refractivity contribution is 9.10. The number of morpholine rings is 1. The molecule has 1 aromatic rings. The van der Waals surface area contributed by atoms with Crippen LogP contribution in [-0.4, -0.2) is 31.7 Å². The minimum atomic E-state index is -0.396. The molecule has 0 spiro atoms. The molecule has 1 aliphatic heterocycles. The van der Waals surface area contributed by atoms with E-state index in [1.807, 2.05) is 25.1 Å². The van der Waals surface area contributed by atoms with Gasteiger partial charge in [-0.25, -0.2) is 0 Å². The van der Waals surface area contributed by atoms with Crippen molar-refractivity contribution in [2.75, 3.05) is 25.0 Å². The molecule has 18 heavy (non-hydrogen) atoms. The molecule has 1 fully saturated rings. The Morgan fingerprint density at radius 2 is 2.33 bits per heavy atom. The van der Waals surface area contributed by atoms with Crippen molar-refractivity contribution in [2.24, 2.45) is 0 Å². The Morgan fingerprint density at radius 1 is 1.56 bits per heavy atom. The number of ether oxygens (including phenoxy) is 1. The van der Waals surface area contributed by atoms with Gasteiger partial charge in [-0.3, -0.25) is 4.79 Å². The Bertz CT molecular complexity index is 423. The molecule has 4 nitrogen and oxygen atoms in total. The van der Waals surface area contributed by atoms with Crippen LogP contribution >= 0.6 is 28.3 Å². The highest BCUT2D eigenvalue weighted by Gasteiger charge is 2.21. The zero-order valence-electron chi connectivity index (χ0n) is 10.0. The average molecular weight is 336 g/mol. The van der Waals surface area contributed by atoms with E-state index < -0.39 is 6.10 Å². The average Bonchev–Trinajstić information content (AvgIpc) is 2.35. The van der Waals surface area contributed by atoms with Crippen molar-refractivity contribution < 1.29 is 9.53 Å². The monoisotopic (exact) mass is 334 g/mol. The van der Waals surface area contributed by atoms with E-state index in [4.69, 9.17) is 4.74 Å². The largest absolute Gasteiger partial charge is 0.366 e. The smallest absolute Gasteiger partial charge is 0.254 e. The summed E-state index contributed by atoms with van der Waals surface area (Å²) >= 11 is 3.42. The lowest BCUT2D eigenvalue weighted by atomic mass is 10.2. The zero-order chi connectivity index (χ0) is 12.3. The van der Waals surface area contributed by atoms with E-state index in [2.05, 4.69) is 26.6 Å². The molecule has 2 N–H and O–H groups in total. The zero-order valence-corrected chi connectivity index (χ0v) is 12.4. The number of hydrogen-bond acceptors (Lipinski definition) is 3. The molecule has 6 heteroatoms. The van der Waals surface area contributed by atoms with Gasteiger partial charge >= 0.3 is 0 Å². The van der Waals surface area contributed by atoms with Crippen molar-refractivity contribution in [3.63, 3.8) is 0 Å². The maximum atomic E-state index is 11.9. The molecule has 100 valence electrons. The molecule has 2 rings (SSSR count). The van der Waals surface area contributed by atoms with Gasteiger partial charge in [0.2, 0.25) is 0 Å². The van der Waals surface area contributed by atoms with Crippen LogP contribution in [0.5, 0.6) is 0 Å². The van der Waals surface area contributed by atoms with Gasteiger partial charge in [0.05, 0.1) is 6.61 Å². The summed E-state index contributed by atoms with van der Waals surface area (Å²) in [7, 11) is 0. The maximum Gasteiger partial charge on any atom is 0.254 e. The van der Waals surface area contributed by atoms with E-state index in [1.165, 1.54) is 0 Å². The second kappa shape index (κ2) is 7.09. The Hall–Kier alpha value is -0.620. The Morgan fingerprint density at radius 3 is 2.94 bits per heavy atom. The van der Waals surface area contributed by atoms with E-state index in [1.54, 1.807) is 0 Å². The minimum absolute atomic E-state index is 0. The van der Waals surface area contributed by atoms with Gasteiger partial charge in [0.15, 0.2) is 0 Å². The van der Waals surface area contributed by atoms with Gasteiger partial charge in [-0.05, 0) is 30.7 Å². The predicted molar refractivity (Wildman–Crippen MR) is 77.4 cm³/mol. The highest BCUT2D eigenvalue weighted by atomic mass is 79.9. The first kappa shape index (κ1) is 15.4. The topological polar surface area (TPSA) is 50.4 Å². The van der Waals surface area contributed by atoms with Crippen molar-refractivity contribution >= 4 is 39.9 Å². The normalized spacial score (nSPS) is 18.9. The maximum absolute atomic E-state index is 11.9. The van der Waals surface area contributed by atoms with Crippen molar-refractivity contribution in [1.29, 1.82) is 0 Å². The summed E-state index contributed by atoms with van der Waals surface area (Å²) in [5.41, 5.74) is 1.88. The number of halogens is 2. The van der Waals surface area contributed by atoms with Gasteiger partial charge < -0.3 is 15.4 Å². The Labute approximate surface area is 121 Å². The van der Waals surface area contributed by atoms with Gasteiger partial charge in [-0.15, -0.1) is 12.4 Å².